The molecule has 1 unspecified atom stereocenters. The number of carbonyl (C=O) groups is 1. The van der Waals surface area contributed by atoms with E-state index >= 15 is 0 Å². The average Bonchev–Trinajstić information content (AvgIpc) is 3.41. The van der Waals surface area contributed by atoms with Gasteiger partial charge in [0.05, 0.1) is 17.5 Å². The van der Waals surface area contributed by atoms with E-state index in [1.54, 1.807) is 6.26 Å². The van der Waals surface area contributed by atoms with Crippen LogP contribution in [-0.4, -0.2) is 31.2 Å². The Morgan fingerprint density at radius 3 is 2.83 bits per heavy atom. The third kappa shape index (κ3) is 4.71. The number of pyridine rings is 1. The molecule has 8 heteroatoms. The number of hydrogen-bond acceptors (Lipinski definition) is 6. The molecule has 4 rings (SSSR count). The first-order valence-electron chi connectivity index (χ1n) is 9.91. The number of oxazole rings is 1. The number of rotatable bonds is 9. The minimum absolute atomic E-state index is 0.0297. The molecular weight excluding hydrogens is 398 g/mol. The third-order valence-electron chi connectivity index (χ3n) is 4.62. The van der Waals surface area contributed by atoms with Gasteiger partial charge in [-0.05, 0) is 30.7 Å². The van der Waals surface area contributed by atoms with Gasteiger partial charge in [-0.3, -0.25) is 9.20 Å². The van der Waals surface area contributed by atoms with Crippen molar-refractivity contribution in [3.8, 4) is 11.5 Å². The van der Waals surface area contributed by atoms with Crippen molar-refractivity contribution >= 4 is 23.3 Å². The highest BCUT2D eigenvalue weighted by Gasteiger charge is 2.19. The summed E-state index contributed by atoms with van der Waals surface area (Å²) in [6.45, 7) is 2.09. The Hall–Kier alpha value is -3.13. The lowest BCUT2D eigenvalue weighted by atomic mass is 10.1. The smallest absolute Gasteiger partial charge is 0.230 e. The summed E-state index contributed by atoms with van der Waals surface area (Å²) in [5, 5.41) is 11.6. The van der Waals surface area contributed by atoms with Crippen LogP contribution in [-0.2, 0) is 10.5 Å². The van der Waals surface area contributed by atoms with Crippen molar-refractivity contribution in [1.82, 2.24) is 24.9 Å². The van der Waals surface area contributed by atoms with Crippen molar-refractivity contribution in [3.05, 3.63) is 72.5 Å². The minimum atomic E-state index is -0.169. The molecule has 3 aromatic heterocycles. The van der Waals surface area contributed by atoms with Crippen LogP contribution in [0.1, 0.15) is 37.3 Å². The van der Waals surface area contributed by atoms with Gasteiger partial charge in [0.25, 0.3) is 0 Å². The lowest BCUT2D eigenvalue weighted by molar-refractivity contribution is -0.119. The van der Waals surface area contributed by atoms with E-state index in [0.29, 0.717) is 17.4 Å². The number of hydrogen-bond donors (Lipinski definition) is 1. The van der Waals surface area contributed by atoms with Crippen LogP contribution >= 0.6 is 11.8 Å². The molecule has 0 fully saturated rings. The highest BCUT2D eigenvalue weighted by atomic mass is 32.2. The summed E-state index contributed by atoms with van der Waals surface area (Å²) < 4.78 is 7.48. The normalized spacial score (nSPS) is 12.2. The van der Waals surface area contributed by atoms with Gasteiger partial charge in [0.15, 0.2) is 11.5 Å². The fraction of sp³-hybridized carbons (Fsp3) is 0.273. The van der Waals surface area contributed by atoms with Gasteiger partial charge in [0.1, 0.15) is 6.26 Å². The maximum absolute atomic E-state index is 12.5. The Labute approximate surface area is 178 Å². The summed E-state index contributed by atoms with van der Waals surface area (Å²) in [4.78, 5) is 17.0. The van der Waals surface area contributed by atoms with E-state index in [1.165, 1.54) is 11.8 Å². The predicted molar refractivity (Wildman–Crippen MR) is 117 cm³/mol. The zero-order chi connectivity index (χ0) is 20.8. The van der Waals surface area contributed by atoms with Gasteiger partial charge < -0.3 is 9.73 Å². The van der Waals surface area contributed by atoms with E-state index < -0.39 is 0 Å². The molecule has 1 atom stereocenters. The maximum Gasteiger partial charge on any atom is 0.230 e. The first-order chi connectivity index (χ1) is 14.7. The van der Waals surface area contributed by atoms with Crippen LogP contribution in [0, 0.1) is 0 Å². The molecule has 4 aromatic rings. The average molecular weight is 422 g/mol. The second kappa shape index (κ2) is 9.58. The van der Waals surface area contributed by atoms with Crippen molar-refractivity contribution in [1.29, 1.82) is 0 Å². The second-order valence-corrected chi connectivity index (χ2v) is 7.88. The molecule has 30 heavy (non-hydrogen) atoms. The highest BCUT2D eigenvalue weighted by molar-refractivity contribution is 7.99. The number of amides is 1. The third-order valence-corrected chi connectivity index (χ3v) is 5.59. The maximum atomic E-state index is 12.5. The van der Waals surface area contributed by atoms with Crippen molar-refractivity contribution in [2.24, 2.45) is 0 Å². The highest BCUT2D eigenvalue weighted by Crippen LogP contribution is 2.21. The number of fused-ring (bicyclic) bond motifs is 1. The molecule has 0 aliphatic heterocycles. The van der Waals surface area contributed by atoms with Crippen LogP contribution in [0.4, 0.5) is 0 Å². The second-order valence-electron chi connectivity index (χ2n) is 6.90. The van der Waals surface area contributed by atoms with Crippen molar-refractivity contribution in [2.75, 3.05) is 5.75 Å². The number of nitrogens with one attached hydrogen (secondary N) is 1. The van der Waals surface area contributed by atoms with Gasteiger partial charge in [0.2, 0.25) is 11.8 Å². The van der Waals surface area contributed by atoms with E-state index in [1.807, 2.05) is 59.1 Å². The Morgan fingerprint density at radius 1 is 1.17 bits per heavy atom. The predicted octanol–water partition coefficient (Wildman–Crippen LogP) is 4.28. The summed E-state index contributed by atoms with van der Waals surface area (Å²) in [7, 11) is 0. The number of carbonyl (C=O) groups excluding carboxylic acids is 1. The number of nitrogens with zero attached hydrogens (tertiary/aromatic N) is 4. The molecular formula is C22H23N5O2S. The van der Waals surface area contributed by atoms with Crippen LogP contribution in [0.25, 0.3) is 17.1 Å². The largest absolute Gasteiger partial charge is 0.444 e. The van der Waals surface area contributed by atoms with Crippen LogP contribution in [0.5, 0.6) is 0 Å². The van der Waals surface area contributed by atoms with Crippen molar-refractivity contribution in [2.45, 2.75) is 31.6 Å². The fourth-order valence-electron chi connectivity index (χ4n) is 3.22. The monoisotopic (exact) mass is 421 g/mol. The van der Waals surface area contributed by atoms with Gasteiger partial charge in [-0.25, -0.2) is 4.98 Å². The molecule has 154 valence electrons. The molecule has 0 aliphatic rings. The minimum Gasteiger partial charge on any atom is -0.444 e. The Morgan fingerprint density at radius 2 is 2.00 bits per heavy atom. The molecule has 0 saturated heterocycles. The van der Waals surface area contributed by atoms with E-state index in [0.717, 1.165) is 35.6 Å². The molecule has 0 radical (unpaired) electrons. The topological polar surface area (TPSA) is 85.3 Å². The zero-order valence-corrected chi connectivity index (χ0v) is 17.5. The fourth-order valence-corrected chi connectivity index (χ4v) is 3.94. The van der Waals surface area contributed by atoms with Gasteiger partial charge >= 0.3 is 0 Å². The van der Waals surface area contributed by atoms with Crippen molar-refractivity contribution in [3.63, 3.8) is 0 Å². The molecule has 1 N–H and O–H groups in total. The van der Waals surface area contributed by atoms with E-state index in [-0.39, 0.29) is 11.9 Å². The lowest BCUT2D eigenvalue weighted by Gasteiger charge is -2.16. The molecule has 0 aliphatic carbocycles. The van der Waals surface area contributed by atoms with Crippen molar-refractivity contribution < 1.29 is 9.21 Å². The SMILES string of the molecule is CCCC(NC(=O)CSCc1coc(-c2ccccc2)n1)c1nnc2ccccn12. The molecule has 0 spiro atoms. The summed E-state index contributed by atoms with van der Waals surface area (Å²) in [6, 6.07) is 15.4. The molecule has 1 aromatic carbocycles. The van der Waals surface area contributed by atoms with Gasteiger partial charge in [-0.1, -0.05) is 37.6 Å². The van der Waals surface area contributed by atoms with Gasteiger partial charge in [-0.2, -0.15) is 0 Å². The first kappa shape index (κ1) is 20.2. The Balaban J connectivity index is 1.33. The van der Waals surface area contributed by atoms with Crippen LogP contribution in [0.2, 0.25) is 0 Å². The number of thioether (sulfide) groups is 1. The van der Waals surface area contributed by atoms with E-state index in [2.05, 4.69) is 27.4 Å². The molecule has 1 amide bonds. The number of benzene rings is 1. The summed E-state index contributed by atoms with van der Waals surface area (Å²) in [6.07, 6.45) is 5.30. The zero-order valence-electron chi connectivity index (χ0n) is 16.7. The van der Waals surface area contributed by atoms with Crippen LogP contribution in [0.15, 0.2) is 65.4 Å². The summed E-state index contributed by atoms with van der Waals surface area (Å²) >= 11 is 1.51. The Bertz CT molecular complexity index is 1110. The van der Waals surface area contributed by atoms with Crippen LogP contribution < -0.4 is 5.32 Å². The molecule has 0 bridgehead atoms. The number of aromatic nitrogens is 4. The summed E-state index contributed by atoms with van der Waals surface area (Å²) in [5.41, 5.74) is 2.53. The lowest BCUT2D eigenvalue weighted by Crippen LogP contribution is -2.31. The van der Waals surface area contributed by atoms with E-state index in [9.17, 15) is 4.79 Å². The molecule has 0 saturated carbocycles. The molecule has 3 heterocycles. The Kier molecular flexibility index (Phi) is 6.44. The summed E-state index contributed by atoms with van der Waals surface area (Å²) in [5.74, 6) is 2.27. The van der Waals surface area contributed by atoms with Gasteiger partial charge in [0, 0.05) is 17.5 Å². The standard InChI is InChI=1S/C22H23N5O2S/c1-2-8-18(21-26-25-19-11-6-7-12-27(19)21)24-20(28)15-30-14-17-13-29-22(23-17)16-9-4-3-5-10-16/h3-7,9-13,18H,2,8,14-15H2,1H3,(H,24,28). The van der Waals surface area contributed by atoms with E-state index in [4.69, 9.17) is 4.42 Å². The quantitative estimate of drug-likeness (QED) is 0.434. The van der Waals surface area contributed by atoms with Crippen LogP contribution in [0.3, 0.4) is 0 Å². The molecule has 7 nitrogen and oxygen atoms in total. The first-order valence-corrected chi connectivity index (χ1v) is 11.1. The van der Waals surface area contributed by atoms with Gasteiger partial charge in [-0.15, -0.1) is 22.0 Å².